The van der Waals surface area contributed by atoms with Crippen molar-refractivity contribution in [3.63, 3.8) is 0 Å². The molecule has 0 saturated heterocycles. The van der Waals surface area contributed by atoms with Crippen LogP contribution in [0.5, 0.6) is 0 Å². The summed E-state index contributed by atoms with van der Waals surface area (Å²) in [5.74, 6) is 0.776. The summed E-state index contributed by atoms with van der Waals surface area (Å²) in [5.41, 5.74) is 1.40. The Morgan fingerprint density at radius 2 is 2.00 bits per heavy atom. The Hall–Kier alpha value is -0.860. The summed E-state index contributed by atoms with van der Waals surface area (Å²) in [6.07, 6.45) is 5.53. The van der Waals surface area contributed by atoms with Crippen LogP contribution in [0.15, 0.2) is 6.20 Å². The number of aromatic nitrogens is 3. The quantitative estimate of drug-likeness (QED) is 0.766. The van der Waals surface area contributed by atoms with E-state index in [4.69, 9.17) is 0 Å². The second-order valence-corrected chi connectivity index (χ2v) is 6.25. The van der Waals surface area contributed by atoms with E-state index in [0.29, 0.717) is 5.41 Å². The van der Waals surface area contributed by atoms with Gasteiger partial charge < -0.3 is 0 Å². The highest BCUT2D eigenvalue weighted by Crippen LogP contribution is 2.18. The molecule has 1 aromatic rings. The van der Waals surface area contributed by atoms with Crippen molar-refractivity contribution in [3.05, 3.63) is 11.9 Å². The van der Waals surface area contributed by atoms with Gasteiger partial charge in [0.15, 0.2) is 0 Å². The summed E-state index contributed by atoms with van der Waals surface area (Å²) in [4.78, 5) is 0. The molecule has 0 spiro atoms. The van der Waals surface area contributed by atoms with Gasteiger partial charge in [-0.3, -0.25) is 4.68 Å². The highest BCUT2D eigenvalue weighted by molar-refractivity contribution is 4.95. The van der Waals surface area contributed by atoms with Crippen molar-refractivity contribution >= 4 is 0 Å². The van der Waals surface area contributed by atoms with Crippen LogP contribution >= 0.6 is 0 Å². The zero-order valence-electron chi connectivity index (χ0n) is 11.3. The minimum absolute atomic E-state index is 0.290. The van der Waals surface area contributed by atoms with Gasteiger partial charge in [0.05, 0.1) is 5.69 Å². The van der Waals surface area contributed by atoms with Crippen molar-refractivity contribution in [2.45, 2.75) is 60.4 Å². The Morgan fingerprint density at radius 1 is 1.31 bits per heavy atom. The molecule has 0 N–H and O–H groups in total. The van der Waals surface area contributed by atoms with Gasteiger partial charge in [-0.05, 0) is 30.6 Å². The van der Waals surface area contributed by atoms with Crippen molar-refractivity contribution in [1.29, 1.82) is 0 Å². The normalized spacial score (nSPS) is 12.4. The Kier molecular flexibility index (Phi) is 4.51. The molecule has 16 heavy (non-hydrogen) atoms. The van der Waals surface area contributed by atoms with Gasteiger partial charge in [-0.2, -0.15) is 0 Å². The van der Waals surface area contributed by atoms with Gasteiger partial charge in [0, 0.05) is 12.7 Å². The van der Waals surface area contributed by atoms with E-state index in [1.54, 1.807) is 0 Å². The second kappa shape index (κ2) is 5.46. The van der Waals surface area contributed by atoms with E-state index in [1.807, 2.05) is 4.68 Å². The molecule has 1 aromatic heterocycles. The molecule has 0 aliphatic heterocycles. The maximum absolute atomic E-state index is 4.21. The van der Waals surface area contributed by atoms with Crippen LogP contribution in [0.25, 0.3) is 0 Å². The van der Waals surface area contributed by atoms with Gasteiger partial charge in [-0.25, -0.2) is 0 Å². The first-order valence-corrected chi connectivity index (χ1v) is 6.26. The summed E-state index contributed by atoms with van der Waals surface area (Å²) in [6, 6.07) is 0. The van der Waals surface area contributed by atoms with Crippen LogP contribution in [0.2, 0.25) is 0 Å². The lowest BCUT2D eigenvalue weighted by Gasteiger charge is -2.15. The Bertz CT molecular complexity index is 307. The summed E-state index contributed by atoms with van der Waals surface area (Å²) in [6.45, 7) is 12.2. The highest BCUT2D eigenvalue weighted by atomic mass is 15.4. The molecule has 0 unspecified atom stereocenters. The minimum Gasteiger partial charge on any atom is -0.252 e. The van der Waals surface area contributed by atoms with Crippen LogP contribution in [0.4, 0.5) is 0 Å². The van der Waals surface area contributed by atoms with Crippen LogP contribution in [-0.4, -0.2) is 15.0 Å². The van der Waals surface area contributed by atoms with E-state index < -0.39 is 0 Å². The van der Waals surface area contributed by atoms with E-state index in [9.17, 15) is 0 Å². The number of hydrogen-bond donors (Lipinski definition) is 0. The number of rotatable bonds is 5. The number of hydrogen-bond acceptors (Lipinski definition) is 2. The van der Waals surface area contributed by atoms with Crippen LogP contribution in [-0.2, 0) is 13.0 Å². The lowest BCUT2D eigenvalue weighted by Crippen LogP contribution is -2.09. The van der Waals surface area contributed by atoms with Gasteiger partial charge >= 0.3 is 0 Å². The van der Waals surface area contributed by atoms with Crippen molar-refractivity contribution in [3.8, 4) is 0 Å². The summed E-state index contributed by atoms with van der Waals surface area (Å²) in [7, 11) is 0. The minimum atomic E-state index is 0.290. The SMILES string of the molecule is CC(C)CCCn1cc(CC(C)(C)C)nn1. The molecule has 1 rings (SSSR count). The van der Waals surface area contributed by atoms with E-state index in [-0.39, 0.29) is 0 Å². The van der Waals surface area contributed by atoms with Gasteiger partial charge in [-0.1, -0.05) is 39.8 Å². The molecule has 0 saturated carbocycles. The van der Waals surface area contributed by atoms with Crippen molar-refractivity contribution in [1.82, 2.24) is 15.0 Å². The molecule has 0 fully saturated rings. The van der Waals surface area contributed by atoms with E-state index >= 15 is 0 Å². The third-order valence-electron chi connectivity index (χ3n) is 2.47. The molecule has 1 heterocycles. The highest BCUT2D eigenvalue weighted by Gasteiger charge is 2.13. The van der Waals surface area contributed by atoms with Gasteiger partial charge in [0.2, 0.25) is 0 Å². The predicted octanol–water partition coefficient (Wildman–Crippen LogP) is 3.30. The molecule has 92 valence electrons. The van der Waals surface area contributed by atoms with Crippen LogP contribution < -0.4 is 0 Å². The fraction of sp³-hybridized carbons (Fsp3) is 0.846. The first-order chi connectivity index (χ1) is 7.37. The van der Waals surface area contributed by atoms with Gasteiger partial charge in [-0.15, -0.1) is 5.10 Å². The molecule has 0 aliphatic rings. The average molecular weight is 223 g/mol. The lowest BCUT2D eigenvalue weighted by atomic mass is 9.91. The van der Waals surface area contributed by atoms with Crippen LogP contribution in [0.1, 0.15) is 53.2 Å². The van der Waals surface area contributed by atoms with Crippen molar-refractivity contribution in [2.24, 2.45) is 11.3 Å². The Balaban J connectivity index is 2.40. The molecule has 0 atom stereocenters. The van der Waals surface area contributed by atoms with Crippen molar-refractivity contribution < 1.29 is 0 Å². The fourth-order valence-electron chi connectivity index (χ4n) is 1.73. The molecular weight excluding hydrogens is 198 g/mol. The van der Waals surface area contributed by atoms with E-state index in [2.05, 4.69) is 51.1 Å². The first-order valence-electron chi connectivity index (χ1n) is 6.26. The molecule has 3 heteroatoms. The smallest absolute Gasteiger partial charge is 0.0832 e. The monoisotopic (exact) mass is 223 g/mol. The molecule has 3 nitrogen and oxygen atoms in total. The number of nitrogens with zero attached hydrogens (tertiary/aromatic N) is 3. The summed E-state index contributed by atoms with van der Waals surface area (Å²) < 4.78 is 1.98. The van der Waals surface area contributed by atoms with Gasteiger partial charge in [0.25, 0.3) is 0 Å². The fourth-order valence-corrected chi connectivity index (χ4v) is 1.73. The maximum atomic E-state index is 4.21. The molecule has 0 aromatic carbocycles. The van der Waals surface area contributed by atoms with Crippen LogP contribution in [0, 0.1) is 11.3 Å². The standard InChI is InChI=1S/C13H25N3/c1-11(2)7-6-8-16-10-12(14-15-16)9-13(3,4)5/h10-11H,6-9H2,1-5H3. The summed E-state index contributed by atoms with van der Waals surface area (Å²) >= 11 is 0. The maximum Gasteiger partial charge on any atom is 0.0832 e. The zero-order valence-corrected chi connectivity index (χ0v) is 11.3. The Labute approximate surface area is 99.2 Å². The third-order valence-corrected chi connectivity index (χ3v) is 2.47. The topological polar surface area (TPSA) is 30.7 Å². The summed E-state index contributed by atoms with van der Waals surface area (Å²) in [5, 5.41) is 8.38. The van der Waals surface area contributed by atoms with Crippen molar-refractivity contribution in [2.75, 3.05) is 0 Å². The number of aryl methyl sites for hydroxylation is 1. The zero-order chi connectivity index (χ0) is 12.2. The average Bonchev–Trinajstić information content (AvgIpc) is 2.48. The molecule has 0 radical (unpaired) electrons. The third kappa shape index (κ3) is 5.29. The van der Waals surface area contributed by atoms with Gasteiger partial charge in [0.1, 0.15) is 0 Å². The van der Waals surface area contributed by atoms with Crippen LogP contribution in [0.3, 0.4) is 0 Å². The van der Waals surface area contributed by atoms with E-state index in [0.717, 1.165) is 24.6 Å². The second-order valence-electron chi connectivity index (χ2n) is 6.25. The predicted molar refractivity (Wildman–Crippen MR) is 67.3 cm³/mol. The Morgan fingerprint density at radius 3 is 2.56 bits per heavy atom. The molecule has 0 bridgehead atoms. The first kappa shape index (κ1) is 13.2. The largest absolute Gasteiger partial charge is 0.252 e. The molecular formula is C13H25N3. The molecule has 0 aliphatic carbocycles. The lowest BCUT2D eigenvalue weighted by molar-refractivity contribution is 0.406. The van der Waals surface area contributed by atoms with E-state index in [1.165, 1.54) is 12.8 Å². The molecule has 0 amide bonds.